The van der Waals surface area contributed by atoms with E-state index in [1.54, 1.807) is 14.2 Å². The molecule has 0 amide bonds. The number of fused-ring (bicyclic) bond motifs is 1. The van der Waals surface area contributed by atoms with Crippen LogP contribution in [0.15, 0.2) is 12.1 Å². The molecule has 2 rings (SSSR count). The molecule has 1 aliphatic rings. The van der Waals surface area contributed by atoms with E-state index in [1.807, 2.05) is 12.1 Å². The maximum atomic E-state index is 5.68. The van der Waals surface area contributed by atoms with E-state index in [-0.39, 0.29) is 6.10 Å². The van der Waals surface area contributed by atoms with E-state index in [2.05, 4.69) is 0 Å². The second kappa shape index (κ2) is 4.72. The zero-order valence-electron chi connectivity index (χ0n) is 9.66. The summed E-state index contributed by atoms with van der Waals surface area (Å²) in [6, 6.07) is 3.98. The van der Waals surface area contributed by atoms with Crippen molar-refractivity contribution in [2.45, 2.75) is 12.5 Å². The minimum Gasteiger partial charge on any atom is -0.493 e. The summed E-state index contributed by atoms with van der Waals surface area (Å²) in [5, 5.41) is 0. The highest BCUT2D eigenvalue weighted by Gasteiger charge is 2.22. The average molecular weight is 223 g/mol. The van der Waals surface area contributed by atoms with Gasteiger partial charge in [0, 0.05) is 6.54 Å². The van der Waals surface area contributed by atoms with Crippen LogP contribution >= 0.6 is 0 Å². The first-order chi connectivity index (χ1) is 7.80. The van der Waals surface area contributed by atoms with Gasteiger partial charge in [0.05, 0.1) is 26.9 Å². The molecule has 16 heavy (non-hydrogen) atoms. The van der Waals surface area contributed by atoms with Gasteiger partial charge in [0.15, 0.2) is 11.5 Å². The fraction of sp³-hybridized carbons (Fsp3) is 0.500. The summed E-state index contributed by atoms with van der Waals surface area (Å²) >= 11 is 0. The summed E-state index contributed by atoms with van der Waals surface area (Å²) in [5.41, 5.74) is 8.04. The molecule has 0 radical (unpaired) electrons. The van der Waals surface area contributed by atoms with Gasteiger partial charge >= 0.3 is 0 Å². The zero-order chi connectivity index (χ0) is 11.5. The first-order valence-corrected chi connectivity index (χ1v) is 5.36. The van der Waals surface area contributed by atoms with Crippen molar-refractivity contribution in [3.05, 3.63) is 23.3 Å². The third kappa shape index (κ3) is 1.86. The van der Waals surface area contributed by atoms with Crippen molar-refractivity contribution >= 4 is 0 Å². The van der Waals surface area contributed by atoms with Crippen LogP contribution in [0.25, 0.3) is 0 Å². The molecule has 88 valence electrons. The van der Waals surface area contributed by atoms with Crippen LogP contribution in [0, 0.1) is 0 Å². The highest BCUT2D eigenvalue weighted by molar-refractivity contribution is 5.49. The highest BCUT2D eigenvalue weighted by Crippen LogP contribution is 2.36. The van der Waals surface area contributed by atoms with Gasteiger partial charge in [0.25, 0.3) is 0 Å². The third-order valence-corrected chi connectivity index (χ3v) is 2.90. The summed E-state index contributed by atoms with van der Waals surface area (Å²) in [4.78, 5) is 0. The van der Waals surface area contributed by atoms with E-state index < -0.39 is 0 Å². The normalized spacial score (nSPS) is 19.1. The van der Waals surface area contributed by atoms with Crippen LogP contribution in [0.1, 0.15) is 17.2 Å². The largest absolute Gasteiger partial charge is 0.493 e. The topological polar surface area (TPSA) is 53.7 Å². The van der Waals surface area contributed by atoms with Crippen molar-refractivity contribution in [1.29, 1.82) is 0 Å². The van der Waals surface area contributed by atoms with Gasteiger partial charge in [-0.1, -0.05) is 0 Å². The number of rotatable bonds is 3. The Morgan fingerprint density at radius 3 is 2.62 bits per heavy atom. The molecule has 1 atom stereocenters. The van der Waals surface area contributed by atoms with Crippen molar-refractivity contribution in [3.63, 3.8) is 0 Å². The standard InChI is InChI=1S/C12H17NO3/c1-14-10-5-8-3-4-16-12(7-13)9(8)6-11(10)15-2/h5-6,12H,3-4,7,13H2,1-2H3/t12-/m1/s1. The van der Waals surface area contributed by atoms with Crippen LogP contribution in [-0.2, 0) is 11.2 Å². The number of ether oxygens (including phenoxy) is 3. The number of methoxy groups -OCH3 is 2. The molecular formula is C12H17NO3. The number of nitrogens with two attached hydrogens (primary N) is 1. The molecule has 0 spiro atoms. The van der Waals surface area contributed by atoms with Crippen LogP contribution in [0.5, 0.6) is 11.5 Å². The predicted octanol–water partition coefficient (Wildman–Crippen LogP) is 1.28. The third-order valence-electron chi connectivity index (χ3n) is 2.90. The van der Waals surface area contributed by atoms with Crippen LogP contribution in [0.4, 0.5) is 0 Å². The lowest BCUT2D eigenvalue weighted by molar-refractivity contribution is 0.0482. The van der Waals surface area contributed by atoms with Gasteiger partial charge in [0.1, 0.15) is 0 Å². The molecule has 0 fully saturated rings. The van der Waals surface area contributed by atoms with Gasteiger partial charge < -0.3 is 19.9 Å². The van der Waals surface area contributed by atoms with Crippen molar-refractivity contribution in [2.24, 2.45) is 5.73 Å². The Hall–Kier alpha value is -1.26. The van der Waals surface area contributed by atoms with Crippen molar-refractivity contribution in [3.8, 4) is 11.5 Å². The smallest absolute Gasteiger partial charge is 0.161 e. The highest BCUT2D eigenvalue weighted by atomic mass is 16.5. The second-order valence-electron chi connectivity index (χ2n) is 3.75. The molecule has 1 aromatic rings. The van der Waals surface area contributed by atoms with E-state index in [1.165, 1.54) is 5.56 Å². The van der Waals surface area contributed by atoms with Crippen molar-refractivity contribution in [2.75, 3.05) is 27.4 Å². The van der Waals surface area contributed by atoms with Crippen LogP contribution in [0.2, 0.25) is 0 Å². The summed E-state index contributed by atoms with van der Waals surface area (Å²) in [6.45, 7) is 1.20. The van der Waals surface area contributed by atoms with E-state index in [4.69, 9.17) is 19.9 Å². The molecule has 0 saturated carbocycles. The lowest BCUT2D eigenvalue weighted by Crippen LogP contribution is -2.23. The Labute approximate surface area is 95.3 Å². The van der Waals surface area contributed by atoms with Crippen molar-refractivity contribution in [1.82, 2.24) is 0 Å². The summed E-state index contributed by atoms with van der Waals surface area (Å²) in [6.07, 6.45) is 0.871. The Balaban J connectivity index is 2.46. The van der Waals surface area contributed by atoms with Crippen LogP contribution in [0.3, 0.4) is 0 Å². The molecule has 0 saturated heterocycles. The molecular weight excluding hydrogens is 206 g/mol. The van der Waals surface area contributed by atoms with E-state index in [0.717, 1.165) is 23.5 Å². The predicted molar refractivity (Wildman–Crippen MR) is 61.0 cm³/mol. The molecule has 1 aliphatic heterocycles. The van der Waals surface area contributed by atoms with E-state index in [9.17, 15) is 0 Å². The van der Waals surface area contributed by atoms with Gasteiger partial charge in [-0.2, -0.15) is 0 Å². The van der Waals surface area contributed by atoms with Crippen LogP contribution < -0.4 is 15.2 Å². The van der Waals surface area contributed by atoms with Gasteiger partial charge in [-0.15, -0.1) is 0 Å². The zero-order valence-corrected chi connectivity index (χ0v) is 9.66. The maximum Gasteiger partial charge on any atom is 0.161 e. The quantitative estimate of drug-likeness (QED) is 0.838. The average Bonchev–Trinajstić information content (AvgIpc) is 2.36. The molecule has 0 aromatic heterocycles. The Morgan fingerprint density at radius 1 is 1.31 bits per heavy atom. The molecule has 0 bridgehead atoms. The fourth-order valence-electron chi connectivity index (χ4n) is 2.05. The molecule has 0 aliphatic carbocycles. The minimum absolute atomic E-state index is 0.0245. The summed E-state index contributed by atoms with van der Waals surface area (Å²) in [7, 11) is 3.27. The Kier molecular flexibility index (Phi) is 3.31. The van der Waals surface area contributed by atoms with E-state index >= 15 is 0 Å². The Morgan fingerprint density at radius 2 is 2.00 bits per heavy atom. The summed E-state index contributed by atoms with van der Waals surface area (Å²) in [5.74, 6) is 1.49. The lowest BCUT2D eigenvalue weighted by Gasteiger charge is -2.26. The number of hydrogen-bond acceptors (Lipinski definition) is 4. The minimum atomic E-state index is -0.0245. The molecule has 1 aromatic carbocycles. The molecule has 0 unspecified atom stereocenters. The summed E-state index contributed by atoms with van der Waals surface area (Å²) < 4.78 is 16.2. The number of benzene rings is 1. The van der Waals surface area contributed by atoms with Crippen molar-refractivity contribution < 1.29 is 14.2 Å². The van der Waals surface area contributed by atoms with Crippen LogP contribution in [-0.4, -0.2) is 27.4 Å². The molecule has 2 N–H and O–H groups in total. The van der Waals surface area contributed by atoms with Gasteiger partial charge in [0.2, 0.25) is 0 Å². The molecule has 4 nitrogen and oxygen atoms in total. The van der Waals surface area contributed by atoms with E-state index in [0.29, 0.717) is 13.2 Å². The van der Waals surface area contributed by atoms with Gasteiger partial charge in [-0.25, -0.2) is 0 Å². The Bertz CT molecular complexity index is 379. The maximum absolute atomic E-state index is 5.68. The number of hydrogen-bond donors (Lipinski definition) is 1. The first kappa shape index (κ1) is 11.2. The SMILES string of the molecule is COc1cc2c(cc1OC)[C@@H](CN)OCC2. The molecule has 4 heteroatoms. The fourth-order valence-corrected chi connectivity index (χ4v) is 2.05. The van der Waals surface area contributed by atoms with Gasteiger partial charge in [-0.05, 0) is 29.7 Å². The van der Waals surface area contributed by atoms with Gasteiger partial charge in [-0.3, -0.25) is 0 Å². The first-order valence-electron chi connectivity index (χ1n) is 5.36. The monoisotopic (exact) mass is 223 g/mol. The lowest BCUT2D eigenvalue weighted by atomic mass is 9.96. The molecule has 1 heterocycles. The second-order valence-corrected chi connectivity index (χ2v) is 3.75.